The molecule has 7 nitrogen and oxygen atoms in total. The van der Waals surface area contributed by atoms with Crippen LogP contribution >= 0.6 is 0 Å². The van der Waals surface area contributed by atoms with E-state index in [1.165, 1.54) is 6.92 Å². The lowest BCUT2D eigenvalue weighted by Gasteiger charge is -2.30. The number of ether oxygens (including phenoxy) is 1. The van der Waals surface area contributed by atoms with Crippen molar-refractivity contribution in [3.05, 3.63) is 17.5 Å². The molecule has 3 N–H and O–H groups in total. The number of pyridine rings is 1. The third-order valence-corrected chi connectivity index (χ3v) is 5.15. The Morgan fingerprint density at radius 2 is 1.84 bits per heavy atom. The van der Waals surface area contributed by atoms with Gasteiger partial charge in [0.2, 0.25) is 11.8 Å². The van der Waals surface area contributed by atoms with Crippen molar-refractivity contribution in [1.29, 1.82) is 0 Å². The Labute approximate surface area is 172 Å². The van der Waals surface area contributed by atoms with Crippen molar-refractivity contribution in [1.82, 2.24) is 15.2 Å². The van der Waals surface area contributed by atoms with E-state index in [0.717, 1.165) is 6.92 Å². The first-order valence-electron chi connectivity index (χ1n) is 9.36. The van der Waals surface area contributed by atoms with Crippen LogP contribution in [0.3, 0.4) is 0 Å². The maximum Gasteiger partial charge on any atom is 0.421 e. The molecule has 0 amide bonds. The summed E-state index contributed by atoms with van der Waals surface area (Å²) < 4.78 is 92.4. The number of aliphatic hydroxyl groups excluding tert-OH is 1. The highest BCUT2D eigenvalue weighted by atomic mass is 19.4. The highest BCUT2D eigenvalue weighted by molar-refractivity contribution is 5.68. The van der Waals surface area contributed by atoms with Crippen molar-refractivity contribution >= 4 is 5.69 Å². The molecule has 2 aromatic rings. The normalized spacial score (nSPS) is 25.6. The summed E-state index contributed by atoms with van der Waals surface area (Å²) in [5.41, 5.74) is 0.781. The van der Waals surface area contributed by atoms with Crippen molar-refractivity contribution in [2.45, 2.75) is 69.5 Å². The number of halogens is 6. The van der Waals surface area contributed by atoms with Crippen molar-refractivity contribution in [2.75, 3.05) is 5.73 Å². The number of fused-ring (bicyclic) bond motifs is 5. The largest absolute Gasteiger partial charge is 0.474 e. The van der Waals surface area contributed by atoms with Crippen molar-refractivity contribution in [2.24, 2.45) is 0 Å². The van der Waals surface area contributed by atoms with Crippen molar-refractivity contribution in [3.8, 4) is 17.5 Å². The first-order chi connectivity index (χ1) is 14.2. The number of alkyl halides is 6. The van der Waals surface area contributed by atoms with Gasteiger partial charge in [-0.05, 0) is 45.6 Å². The molecular formula is C18H20F6N4O3. The van der Waals surface area contributed by atoms with Crippen molar-refractivity contribution < 1.29 is 40.6 Å². The number of nitrogens with two attached hydrogens (primary N) is 1. The van der Waals surface area contributed by atoms with Crippen LogP contribution in [-0.2, 0) is 11.6 Å². The lowest BCUT2D eigenvalue weighted by Crippen LogP contribution is -2.42. The summed E-state index contributed by atoms with van der Waals surface area (Å²) >= 11 is 0. The molecule has 3 atom stereocenters. The molecule has 0 spiro atoms. The van der Waals surface area contributed by atoms with Crippen LogP contribution in [0.4, 0.5) is 32.0 Å². The minimum absolute atomic E-state index is 0.0348. The van der Waals surface area contributed by atoms with E-state index in [2.05, 4.69) is 15.2 Å². The van der Waals surface area contributed by atoms with E-state index in [4.69, 9.17) is 14.9 Å². The van der Waals surface area contributed by atoms with E-state index in [9.17, 15) is 31.4 Å². The van der Waals surface area contributed by atoms with Crippen LogP contribution in [0.15, 0.2) is 10.5 Å². The number of hydrogen-bond acceptors (Lipinski definition) is 7. The number of anilines is 1. The summed E-state index contributed by atoms with van der Waals surface area (Å²) in [5, 5.41) is 17.1. The zero-order chi connectivity index (χ0) is 23.2. The van der Waals surface area contributed by atoms with Gasteiger partial charge in [-0.1, -0.05) is 0 Å². The molecule has 2 aromatic heterocycles. The Bertz CT molecular complexity index is 945. The molecule has 1 unspecified atom stereocenters. The van der Waals surface area contributed by atoms with Gasteiger partial charge in [0.15, 0.2) is 5.69 Å². The fourth-order valence-corrected chi connectivity index (χ4v) is 3.31. The van der Waals surface area contributed by atoms with Crippen LogP contribution in [0.1, 0.15) is 51.0 Å². The minimum Gasteiger partial charge on any atom is -0.474 e. The number of nitrogens with zero attached hydrogens (tertiary/aromatic N) is 3. The summed E-state index contributed by atoms with van der Waals surface area (Å²) in [5.74, 6) is -2.26. The van der Waals surface area contributed by atoms with Crippen molar-refractivity contribution in [3.63, 3.8) is 0 Å². The molecule has 0 saturated heterocycles. The zero-order valence-electron chi connectivity index (χ0n) is 16.5. The Kier molecular flexibility index (Phi) is 5.84. The van der Waals surface area contributed by atoms with Gasteiger partial charge in [-0.15, -0.1) is 10.2 Å². The van der Waals surface area contributed by atoms with Gasteiger partial charge in [0.1, 0.15) is 11.0 Å². The van der Waals surface area contributed by atoms with E-state index in [-0.39, 0.29) is 19.3 Å². The fraction of sp³-hybridized carbons (Fsp3) is 0.611. The summed E-state index contributed by atoms with van der Waals surface area (Å²) in [6.07, 6.45) is -12.2. The van der Waals surface area contributed by atoms with Gasteiger partial charge in [-0.3, -0.25) is 0 Å². The van der Waals surface area contributed by atoms with E-state index < -0.39 is 71.0 Å². The average Bonchev–Trinajstić information content (AvgIpc) is 3.10. The predicted molar refractivity (Wildman–Crippen MR) is 94.9 cm³/mol. The predicted octanol–water partition coefficient (Wildman–Crippen LogP) is 4.25. The molecule has 0 aliphatic carbocycles. The van der Waals surface area contributed by atoms with Gasteiger partial charge in [0.05, 0.1) is 17.9 Å². The average molecular weight is 454 g/mol. The van der Waals surface area contributed by atoms with Gasteiger partial charge < -0.3 is 20.0 Å². The first-order valence-corrected chi connectivity index (χ1v) is 9.36. The number of rotatable bonds is 0. The number of aliphatic hydroxyl groups is 1. The second kappa shape index (κ2) is 7.84. The molecule has 0 saturated carbocycles. The molecule has 31 heavy (non-hydrogen) atoms. The molecule has 1 aliphatic heterocycles. The van der Waals surface area contributed by atoms with Crippen LogP contribution in [-0.4, -0.2) is 38.7 Å². The summed E-state index contributed by atoms with van der Waals surface area (Å²) in [7, 11) is 0. The third-order valence-electron chi connectivity index (χ3n) is 5.15. The van der Waals surface area contributed by atoms with E-state index in [1.54, 1.807) is 0 Å². The van der Waals surface area contributed by atoms with Crippen LogP contribution < -0.4 is 10.5 Å². The highest BCUT2D eigenvalue weighted by Gasteiger charge is 2.57. The topological polar surface area (TPSA) is 107 Å². The lowest BCUT2D eigenvalue weighted by molar-refractivity contribution is -0.199. The van der Waals surface area contributed by atoms with E-state index in [1.807, 2.05) is 0 Å². The maximum absolute atomic E-state index is 13.9. The zero-order valence-corrected chi connectivity index (χ0v) is 16.5. The fourth-order valence-electron chi connectivity index (χ4n) is 3.31. The monoisotopic (exact) mass is 454 g/mol. The van der Waals surface area contributed by atoms with Gasteiger partial charge in [0.25, 0.3) is 5.89 Å². The maximum atomic E-state index is 13.9. The van der Waals surface area contributed by atoms with Gasteiger partial charge >= 0.3 is 12.4 Å². The standard InChI is InChI=1S/C18H20F6N4O3/c1-8-4-3-5-9(29)7-16(2,18(22,23)24)15-28-27-14(31-15)12-11(25)6-10(17(19,20)21)13(26-12)30-8/h6,8-9,29H,3-5,7,25H2,1-2H3/t8-,9?,16+/m1/s1. The Balaban J connectivity index is 2.19. The van der Waals surface area contributed by atoms with Crippen LogP contribution in [0.2, 0.25) is 0 Å². The quantitative estimate of drug-likeness (QED) is 0.573. The molecule has 0 aromatic carbocycles. The van der Waals surface area contributed by atoms with Gasteiger partial charge in [-0.25, -0.2) is 4.98 Å². The van der Waals surface area contributed by atoms with Crippen LogP contribution in [0.25, 0.3) is 11.6 Å². The highest BCUT2D eigenvalue weighted by Crippen LogP contribution is 2.46. The van der Waals surface area contributed by atoms with Gasteiger partial charge in [-0.2, -0.15) is 26.3 Å². The number of nitrogen functional groups attached to an aromatic ring is 1. The van der Waals surface area contributed by atoms with E-state index >= 15 is 0 Å². The molecule has 3 heterocycles. The Morgan fingerprint density at radius 1 is 1.16 bits per heavy atom. The Morgan fingerprint density at radius 3 is 2.45 bits per heavy atom. The smallest absolute Gasteiger partial charge is 0.421 e. The second-order valence-electron chi connectivity index (χ2n) is 7.74. The third kappa shape index (κ3) is 4.55. The molecule has 3 rings (SSSR count). The van der Waals surface area contributed by atoms with Crippen LogP contribution in [0, 0.1) is 0 Å². The lowest BCUT2D eigenvalue weighted by atomic mass is 9.82. The second-order valence-corrected chi connectivity index (χ2v) is 7.74. The number of aromatic nitrogens is 3. The molecule has 0 radical (unpaired) electrons. The summed E-state index contributed by atoms with van der Waals surface area (Å²) in [6.45, 7) is 2.29. The molecule has 0 fully saturated rings. The number of hydrogen-bond donors (Lipinski definition) is 2. The van der Waals surface area contributed by atoms with Crippen LogP contribution in [0.5, 0.6) is 5.88 Å². The van der Waals surface area contributed by atoms with E-state index in [0.29, 0.717) is 6.07 Å². The first kappa shape index (κ1) is 23.1. The molecule has 4 bridgehead atoms. The van der Waals surface area contributed by atoms with Gasteiger partial charge in [0, 0.05) is 0 Å². The Hall–Kier alpha value is -2.57. The summed E-state index contributed by atoms with van der Waals surface area (Å²) in [6, 6.07) is 0.562. The molecule has 172 valence electrons. The molecule has 1 aliphatic rings. The molecular weight excluding hydrogens is 434 g/mol. The SMILES string of the molecule is C[C@@H]1CCCC(O)C[C@](C)(C(F)(F)F)c2nnc(o2)-c2nc(c(C(F)(F)F)cc2N)O1. The molecule has 13 heteroatoms. The summed E-state index contributed by atoms with van der Waals surface area (Å²) in [4.78, 5) is 3.75. The minimum atomic E-state index is -4.85.